The molecule has 1 N–H and O–H groups in total. The topological polar surface area (TPSA) is 79.0 Å². The Balaban J connectivity index is 1.12. The average Bonchev–Trinajstić information content (AvgIpc) is 3.59. The van der Waals surface area contributed by atoms with Gasteiger partial charge in [-0.25, -0.2) is 0 Å². The monoisotopic (exact) mass is 473 g/mol. The fraction of sp³-hybridized carbons (Fsp3) is 0.464. The van der Waals surface area contributed by atoms with Gasteiger partial charge in [0.1, 0.15) is 17.9 Å². The standard InChI is InChI=1S/C28H31N3O4/c32-26-12-11-24(27(33)29-26)31-17-20-15-21(9-10-22(20)28(31)34)35-25-8-4-7-23(25)30-14-13-19(16-30)18-5-2-1-3-6-18/h1-3,5-6,9-10,15,19,23-25H,4,7-8,11-14,16-17H2,(H,29,32,33)/t19?,23-,24?,25-/m0/s1. The van der Waals surface area contributed by atoms with Crippen molar-refractivity contribution in [3.05, 3.63) is 65.2 Å². The lowest BCUT2D eigenvalue weighted by Gasteiger charge is -2.30. The summed E-state index contributed by atoms with van der Waals surface area (Å²) in [5.41, 5.74) is 2.93. The molecule has 2 aromatic carbocycles. The largest absolute Gasteiger partial charge is 0.489 e. The van der Waals surface area contributed by atoms with E-state index in [2.05, 4.69) is 40.5 Å². The molecule has 1 aliphatic carbocycles. The summed E-state index contributed by atoms with van der Waals surface area (Å²) in [7, 11) is 0. The third-order valence-corrected chi connectivity index (χ3v) is 8.16. The minimum Gasteiger partial charge on any atom is -0.489 e. The molecule has 6 rings (SSSR count). The van der Waals surface area contributed by atoms with Crippen LogP contribution in [0.3, 0.4) is 0 Å². The van der Waals surface area contributed by atoms with Gasteiger partial charge in [-0.3, -0.25) is 24.6 Å². The number of imide groups is 1. The molecule has 3 fully saturated rings. The van der Waals surface area contributed by atoms with Crippen LogP contribution in [0.4, 0.5) is 0 Å². The van der Waals surface area contributed by atoms with Crippen LogP contribution in [0.15, 0.2) is 48.5 Å². The molecule has 2 unspecified atom stereocenters. The highest BCUT2D eigenvalue weighted by molar-refractivity contribution is 6.05. The highest BCUT2D eigenvalue weighted by Gasteiger charge is 2.40. The maximum absolute atomic E-state index is 13.0. The molecule has 1 saturated carbocycles. The van der Waals surface area contributed by atoms with Gasteiger partial charge in [0.25, 0.3) is 5.91 Å². The maximum atomic E-state index is 13.0. The normalized spacial score (nSPS) is 28.9. The molecule has 0 spiro atoms. The van der Waals surface area contributed by atoms with Gasteiger partial charge in [-0.2, -0.15) is 0 Å². The van der Waals surface area contributed by atoms with Gasteiger partial charge in [0.2, 0.25) is 11.8 Å². The van der Waals surface area contributed by atoms with Crippen LogP contribution in [0.1, 0.15) is 65.9 Å². The molecule has 35 heavy (non-hydrogen) atoms. The summed E-state index contributed by atoms with van der Waals surface area (Å²) in [6.45, 7) is 2.55. The molecular weight excluding hydrogens is 442 g/mol. The van der Waals surface area contributed by atoms with Crippen LogP contribution >= 0.6 is 0 Å². The summed E-state index contributed by atoms with van der Waals surface area (Å²) in [6, 6.07) is 16.3. The molecule has 7 nitrogen and oxygen atoms in total. The van der Waals surface area contributed by atoms with E-state index in [-0.39, 0.29) is 30.2 Å². The molecule has 7 heteroatoms. The smallest absolute Gasteiger partial charge is 0.255 e. The van der Waals surface area contributed by atoms with Crippen molar-refractivity contribution in [1.82, 2.24) is 15.1 Å². The zero-order chi connectivity index (χ0) is 23.9. The molecule has 182 valence electrons. The van der Waals surface area contributed by atoms with Crippen LogP contribution in [-0.2, 0) is 16.1 Å². The zero-order valence-electron chi connectivity index (χ0n) is 19.8. The summed E-state index contributed by atoms with van der Waals surface area (Å²) < 4.78 is 6.52. The van der Waals surface area contributed by atoms with Crippen molar-refractivity contribution < 1.29 is 19.1 Å². The van der Waals surface area contributed by atoms with Gasteiger partial charge in [0.05, 0.1) is 0 Å². The number of fused-ring (bicyclic) bond motifs is 1. The highest BCUT2D eigenvalue weighted by Crippen LogP contribution is 2.36. The average molecular weight is 474 g/mol. The summed E-state index contributed by atoms with van der Waals surface area (Å²) in [4.78, 5) is 41.0. The number of piperidine rings is 1. The SMILES string of the molecule is O=C1CCC(N2Cc3cc(O[C@H]4CCC[C@@H]4N4CCC(c5ccccc5)C4)ccc3C2=O)C(=O)N1. The third kappa shape index (κ3) is 4.22. The number of ether oxygens (including phenoxy) is 1. The molecule has 0 radical (unpaired) electrons. The van der Waals surface area contributed by atoms with Crippen molar-refractivity contribution in [2.45, 2.75) is 69.2 Å². The maximum Gasteiger partial charge on any atom is 0.255 e. The van der Waals surface area contributed by atoms with E-state index in [1.807, 2.05) is 18.2 Å². The van der Waals surface area contributed by atoms with Crippen molar-refractivity contribution in [3.8, 4) is 5.75 Å². The molecule has 4 atom stereocenters. The quantitative estimate of drug-likeness (QED) is 0.675. The molecule has 2 aromatic rings. The van der Waals surface area contributed by atoms with E-state index in [1.54, 1.807) is 4.90 Å². The Bertz CT molecular complexity index is 1150. The lowest BCUT2D eigenvalue weighted by molar-refractivity contribution is -0.136. The molecule has 2 saturated heterocycles. The van der Waals surface area contributed by atoms with E-state index < -0.39 is 6.04 Å². The van der Waals surface area contributed by atoms with Crippen LogP contribution in [0.5, 0.6) is 5.75 Å². The summed E-state index contributed by atoms with van der Waals surface area (Å²) in [5, 5.41) is 2.36. The third-order valence-electron chi connectivity index (χ3n) is 8.16. The van der Waals surface area contributed by atoms with E-state index >= 15 is 0 Å². The fourth-order valence-electron chi connectivity index (χ4n) is 6.35. The Morgan fingerprint density at radius 2 is 1.80 bits per heavy atom. The minimum atomic E-state index is -0.594. The van der Waals surface area contributed by atoms with Gasteiger partial charge in [-0.15, -0.1) is 0 Å². The molecule has 3 amide bonds. The second kappa shape index (κ2) is 9.11. The van der Waals surface area contributed by atoms with Crippen LogP contribution in [0.25, 0.3) is 0 Å². The van der Waals surface area contributed by atoms with Crippen molar-refractivity contribution >= 4 is 17.7 Å². The number of carbonyl (C=O) groups is 3. The minimum absolute atomic E-state index is 0.144. The summed E-state index contributed by atoms with van der Waals surface area (Å²) in [5.74, 6) is 0.570. The number of amides is 3. The molecule has 4 aliphatic rings. The van der Waals surface area contributed by atoms with E-state index in [9.17, 15) is 14.4 Å². The fourth-order valence-corrected chi connectivity index (χ4v) is 6.35. The second-order valence-corrected chi connectivity index (χ2v) is 10.3. The van der Waals surface area contributed by atoms with Crippen LogP contribution in [0.2, 0.25) is 0 Å². The molecule has 0 bridgehead atoms. The van der Waals surface area contributed by atoms with Gasteiger partial charge < -0.3 is 9.64 Å². The number of nitrogens with one attached hydrogen (secondary N) is 1. The Kier molecular flexibility index (Phi) is 5.80. The van der Waals surface area contributed by atoms with Gasteiger partial charge in [-0.1, -0.05) is 30.3 Å². The Morgan fingerprint density at radius 3 is 2.63 bits per heavy atom. The van der Waals surface area contributed by atoms with Gasteiger partial charge in [-0.05, 0) is 73.9 Å². The van der Waals surface area contributed by atoms with E-state index in [0.717, 1.165) is 43.7 Å². The van der Waals surface area contributed by atoms with Crippen molar-refractivity contribution in [2.75, 3.05) is 13.1 Å². The van der Waals surface area contributed by atoms with E-state index in [1.165, 1.54) is 12.0 Å². The van der Waals surface area contributed by atoms with Crippen molar-refractivity contribution in [1.29, 1.82) is 0 Å². The lowest BCUT2D eigenvalue weighted by Crippen LogP contribution is -2.52. The van der Waals surface area contributed by atoms with Gasteiger partial charge in [0, 0.05) is 31.1 Å². The number of benzene rings is 2. The number of rotatable bonds is 5. The highest BCUT2D eigenvalue weighted by atomic mass is 16.5. The predicted octanol–water partition coefficient (Wildman–Crippen LogP) is 3.24. The Labute approximate surface area is 205 Å². The summed E-state index contributed by atoms with van der Waals surface area (Å²) in [6.07, 6.45) is 5.31. The van der Waals surface area contributed by atoms with Crippen molar-refractivity contribution in [3.63, 3.8) is 0 Å². The number of hydrogen-bond acceptors (Lipinski definition) is 5. The molecule has 3 aliphatic heterocycles. The van der Waals surface area contributed by atoms with Gasteiger partial charge >= 0.3 is 0 Å². The summed E-state index contributed by atoms with van der Waals surface area (Å²) >= 11 is 0. The number of likely N-dealkylation sites (tertiary alicyclic amines) is 1. The van der Waals surface area contributed by atoms with Gasteiger partial charge in [0.15, 0.2) is 0 Å². The van der Waals surface area contributed by atoms with Crippen LogP contribution in [-0.4, -0.2) is 58.8 Å². The van der Waals surface area contributed by atoms with E-state index in [4.69, 9.17) is 4.74 Å². The first-order valence-electron chi connectivity index (χ1n) is 12.8. The first-order chi connectivity index (χ1) is 17.1. The number of hydrogen-bond donors (Lipinski definition) is 1. The van der Waals surface area contributed by atoms with Crippen molar-refractivity contribution in [2.24, 2.45) is 0 Å². The number of nitrogens with zero attached hydrogens (tertiary/aromatic N) is 2. The first-order valence-corrected chi connectivity index (χ1v) is 12.8. The Hall–Kier alpha value is -3.19. The second-order valence-electron chi connectivity index (χ2n) is 10.3. The van der Waals surface area contributed by atoms with Crippen LogP contribution in [0, 0.1) is 0 Å². The molecular formula is C28H31N3O4. The molecule has 0 aromatic heterocycles. The predicted molar refractivity (Wildman–Crippen MR) is 130 cm³/mol. The lowest BCUT2D eigenvalue weighted by atomic mass is 9.99. The molecule has 3 heterocycles. The Morgan fingerprint density at radius 1 is 0.943 bits per heavy atom. The van der Waals surface area contributed by atoms with E-state index in [0.29, 0.717) is 30.5 Å². The first kappa shape index (κ1) is 22.3. The number of carbonyl (C=O) groups excluding carboxylic acids is 3. The zero-order valence-corrected chi connectivity index (χ0v) is 19.8. The van der Waals surface area contributed by atoms with Crippen LogP contribution < -0.4 is 10.1 Å².